The highest BCUT2D eigenvalue weighted by Crippen LogP contribution is 2.34. The van der Waals surface area contributed by atoms with Crippen molar-refractivity contribution in [3.05, 3.63) is 26.3 Å². The largest absolute Gasteiger partial charge is 0.192 e. The summed E-state index contributed by atoms with van der Waals surface area (Å²) in [5, 5.41) is 9.86. The molecule has 0 saturated carbocycles. The molecule has 0 saturated heterocycles. The molecule has 5 heteroatoms. The van der Waals surface area contributed by atoms with E-state index in [0.29, 0.717) is 5.02 Å². The number of thioether (sulfide) groups is 1. The van der Waals surface area contributed by atoms with Crippen LogP contribution in [0, 0.1) is 14.9 Å². The molecule has 0 heterocycles. The summed E-state index contributed by atoms with van der Waals surface area (Å²) in [6.07, 6.45) is 0. The van der Waals surface area contributed by atoms with Crippen LogP contribution >= 0.6 is 46.0 Å². The third-order valence-electron chi connectivity index (χ3n) is 2.27. The second kappa shape index (κ2) is 6.46. The van der Waals surface area contributed by atoms with Crippen LogP contribution in [0.15, 0.2) is 17.0 Å². The summed E-state index contributed by atoms with van der Waals surface area (Å²) in [6, 6.07) is 7.26. The van der Waals surface area contributed by atoms with Gasteiger partial charge in [-0.3, -0.25) is 0 Å². The Hall–Kier alpha value is 0.297. The van der Waals surface area contributed by atoms with Gasteiger partial charge in [0.25, 0.3) is 0 Å². The molecule has 0 radical (unpaired) electrons. The number of halogens is 2. The molecule has 0 fully saturated rings. The van der Waals surface area contributed by atoms with E-state index < -0.39 is 8.07 Å². The first-order chi connectivity index (χ1) is 7.85. The zero-order valence-electron chi connectivity index (χ0n) is 10.2. The highest BCUT2D eigenvalue weighted by Gasteiger charge is 2.15. The number of nitrogens with zero attached hydrogens (tertiary/aromatic N) is 1. The number of benzene rings is 1. The quantitative estimate of drug-likeness (QED) is 0.395. The molecule has 92 valence electrons. The fourth-order valence-electron chi connectivity index (χ4n) is 1.24. The van der Waals surface area contributed by atoms with E-state index in [4.69, 9.17) is 16.9 Å². The Balaban J connectivity index is 2.84. The number of rotatable bonds is 4. The van der Waals surface area contributed by atoms with Crippen LogP contribution in [0.25, 0.3) is 0 Å². The van der Waals surface area contributed by atoms with E-state index in [2.05, 4.69) is 48.3 Å². The van der Waals surface area contributed by atoms with Gasteiger partial charge in [0.05, 0.1) is 10.6 Å². The Morgan fingerprint density at radius 1 is 1.41 bits per heavy atom. The predicted molar refractivity (Wildman–Crippen MR) is 87.8 cm³/mol. The van der Waals surface area contributed by atoms with Gasteiger partial charge in [0.15, 0.2) is 0 Å². The second-order valence-electron chi connectivity index (χ2n) is 5.00. The zero-order chi connectivity index (χ0) is 13.1. The Kier molecular flexibility index (Phi) is 5.83. The van der Waals surface area contributed by atoms with Gasteiger partial charge in [0.2, 0.25) is 0 Å². The summed E-state index contributed by atoms with van der Waals surface area (Å²) in [6.45, 7) is 7.07. The summed E-state index contributed by atoms with van der Waals surface area (Å²) < 4.78 is 0.977. The van der Waals surface area contributed by atoms with Crippen LogP contribution in [-0.2, 0) is 0 Å². The molecule has 0 bridgehead atoms. The first kappa shape index (κ1) is 15.4. The molecule has 0 atom stereocenters. The molecule has 0 unspecified atom stereocenters. The van der Waals surface area contributed by atoms with E-state index >= 15 is 0 Å². The summed E-state index contributed by atoms with van der Waals surface area (Å²) in [5.74, 6) is 1.05. The van der Waals surface area contributed by atoms with Gasteiger partial charge in [0.1, 0.15) is 6.07 Å². The van der Waals surface area contributed by atoms with Gasteiger partial charge in [-0.25, -0.2) is 0 Å². The molecule has 1 nitrogen and oxygen atoms in total. The van der Waals surface area contributed by atoms with Crippen molar-refractivity contribution in [3.8, 4) is 6.07 Å². The molecule has 1 aromatic carbocycles. The van der Waals surface area contributed by atoms with Gasteiger partial charge >= 0.3 is 0 Å². The Morgan fingerprint density at radius 2 is 2.06 bits per heavy atom. The summed E-state index contributed by atoms with van der Waals surface area (Å²) in [5.41, 5.74) is 0.721. The van der Waals surface area contributed by atoms with Crippen molar-refractivity contribution in [1.82, 2.24) is 0 Å². The monoisotopic (exact) mass is 395 g/mol. The van der Waals surface area contributed by atoms with Crippen LogP contribution in [-0.4, -0.2) is 13.8 Å². The highest BCUT2D eigenvalue weighted by molar-refractivity contribution is 14.1. The highest BCUT2D eigenvalue weighted by atomic mass is 127. The van der Waals surface area contributed by atoms with E-state index in [1.807, 2.05) is 12.1 Å². The van der Waals surface area contributed by atoms with E-state index in [1.165, 1.54) is 6.04 Å². The molecule has 0 N–H and O–H groups in total. The fraction of sp³-hybridized carbons (Fsp3) is 0.417. The van der Waals surface area contributed by atoms with Crippen molar-refractivity contribution in [3.63, 3.8) is 0 Å². The summed E-state index contributed by atoms with van der Waals surface area (Å²) in [7, 11) is -1.02. The topological polar surface area (TPSA) is 23.8 Å². The van der Waals surface area contributed by atoms with Gasteiger partial charge in [-0.1, -0.05) is 31.2 Å². The van der Waals surface area contributed by atoms with E-state index in [-0.39, 0.29) is 0 Å². The van der Waals surface area contributed by atoms with Crippen molar-refractivity contribution in [2.75, 3.05) is 5.75 Å². The van der Waals surface area contributed by atoms with Crippen molar-refractivity contribution < 1.29 is 0 Å². The average molecular weight is 396 g/mol. The lowest BCUT2D eigenvalue weighted by atomic mass is 10.2. The summed E-state index contributed by atoms with van der Waals surface area (Å²) >= 11 is 10.1. The van der Waals surface area contributed by atoms with Gasteiger partial charge in [-0.05, 0) is 46.5 Å². The Labute approximate surface area is 127 Å². The standard InChI is InChI=1S/C12H15ClINSSi/c1-17(2,3)7-6-16-12-9(8-15)11(14)5-4-10(12)13/h4-5H,6-7H2,1-3H3. The molecule has 0 aromatic heterocycles. The maximum absolute atomic E-state index is 9.16. The van der Waals surface area contributed by atoms with Crippen molar-refractivity contribution in [1.29, 1.82) is 5.26 Å². The number of hydrogen-bond donors (Lipinski definition) is 0. The lowest BCUT2D eigenvalue weighted by Gasteiger charge is -2.15. The molecule has 17 heavy (non-hydrogen) atoms. The van der Waals surface area contributed by atoms with Crippen LogP contribution in [0.5, 0.6) is 0 Å². The lowest BCUT2D eigenvalue weighted by Crippen LogP contribution is -2.19. The molecule has 0 aliphatic rings. The third kappa shape index (κ3) is 4.82. The average Bonchev–Trinajstić information content (AvgIpc) is 2.21. The van der Waals surface area contributed by atoms with Crippen LogP contribution in [0.1, 0.15) is 5.56 Å². The Morgan fingerprint density at radius 3 is 2.59 bits per heavy atom. The van der Waals surface area contributed by atoms with Gasteiger partial charge < -0.3 is 0 Å². The SMILES string of the molecule is C[Si](C)(C)CCSc1c(Cl)ccc(I)c1C#N. The van der Waals surface area contributed by atoms with Gasteiger partial charge in [0, 0.05) is 16.5 Å². The minimum atomic E-state index is -1.02. The van der Waals surface area contributed by atoms with E-state index in [1.54, 1.807) is 11.8 Å². The maximum atomic E-state index is 9.16. The van der Waals surface area contributed by atoms with Crippen LogP contribution in [0.3, 0.4) is 0 Å². The van der Waals surface area contributed by atoms with Crippen molar-refractivity contribution >= 4 is 54.0 Å². The first-order valence-electron chi connectivity index (χ1n) is 5.36. The molecule has 0 spiro atoms. The van der Waals surface area contributed by atoms with E-state index in [0.717, 1.165) is 19.8 Å². The fourth-order valence-corrected chi connectivity index (χ4v) is 5.88. The van der Waals surface area contributed by atoms with E-state index in [9.17, 15) is 0 Å². The molecule has 0 aliphatic carbocycles. The molecular formula is C12H15ClINSSi. The van der Waals surface area contributed by atoms with Gasteiger partial charge in [-0.15, -0.1) is 11.8 Å². The van der Waals surface area contributed by atoms with Crippen molar-refractivity contribution in [2.24, 2.45) is 0 Å². The third-order valence-corrected chi connectivity index (χ3v) is 6.83. The number of nitriles is 1. The molecular weight excluding hydrogens is 381 g/mol. The smallest absolute Gasteiger partial charge is 0.101 e. The van der Waals surface area contributed by atoms with Crippen LogP contribution < -0.4 is 0 Å². The minimum Gasteiger partial charge on any atom is -0.192 e. The zero-order valence-corrected chi connectivity index (χ0v) is 14.9. The number of hydrogen-bond acceptors (Lipinski definition) is 2. The second-order valence-corrected chi connectivity index (χ2v) is 13.3. The minimum absolute atomic E-state index is 0.697. The van der Waals surface area contributed by atoms with Crippen LogP contribution in [0.4, 0.5) is 0 Å². The summed E-state index contributed by atoms with van der Waals surface area (Å²) in [4.78, 5) is 0.944. The van der Waals surface area contributed by atoms with Crippen molar-refractivity contribution in [2.45, 2.75) is 30.6 Å². The van der Waals surface area contributed by atoms with Gasteiger partial charge in [-0.2, -0.15) is 5.26 Å². The molecule has 1 aromatic rings. The normalized spacial score (nSPS) is 11.3. The molecule has 0 amide bonds. The van der Waals surface area contributed by atoms with Crippen LogP contribution in [0.2, 0.25) is 30.7 Å². The maximum Gasteiger partial charge on any atom is 0.101 e. The first-order valence-corrected chi connectivity index (χ1v) is 11.5. The Bertz CT molecular complexity index is 451. The molecule has 0 aliphatic heterocycles. The lowest BCUT2D eigenvalue weighted by molar-refractivity contribution is 1.31. The molecule has 1 rings (SSSR count). The predicted octanol–water partition coefficient (Wildman–Crippen LogP) is 5.25.